The molecule has 102 valence electrons. The lowest BCUT2D eigenvalue weighted by Crippen LogP contribution is -2.14. The number of aryl methyl sites for hydroxylation is 1. The fourth-order valence-corrected chi connectivity index (χ4v) is 2.77. The number of rotatable bonds is 4. The van der Waals surface area contributed by atoms with Crippen molar-refractivity contribution in [2.75, 3.05) is 5.73 Å². The number of thiazole rings is 1. The predicted molar refractivity (Wildman–Crippen MR) is 83.6 cm³/mol. The Labute approximate surface area is 121 Å². The highest BCUT2D eigenvalue weighted by atomic mass is 32.1. The molecular formula is C15H16N4S. The number of fused-ring (bicyclic) bond motifs is 1. The van der Waals surface area contributed by atoms with Crippen LogP contribution in [0.2, 0.25) is 0 Å². The van der Waals surface area contributed by atoms with Gasteiger partial charge in [-0.15, -0.1) is 11.3 Å². The zero-order valence-corrected chi connectivity index (χ0v) is 12.1. The quantitative estimate of drug-likeness (QED) is 0.773. The van der Waals surface area contributed by atoms with E-state index in [4.69, 9.17) is 5.73 Å². The van der Waals surface area contributed by atoms with Crippen molar-refractivity contribution in [2.24, 2.45) is 0 Å². The Morgan fingerprint density at radius 1 is 1.15 bits per heavy atom. The highest BCUT2D eigenvalue weighted by Crippen LogP contribution is 2.20. The molecule has 0 radical (unpaired) electrons. The fourth-order valence-electron chi connectivity index (χ4n) is 2.16. The summed E-state index contributed by atoms with van der Waals surface area (Å²) in [5.41, 5.74) is 9.80. The van der Waals surface area contributed by atoms with Crippen LogP contribution < -0.4 is 11.1 Å². The van der Waals surface area contributed by atoms with Crippen LogP contribution in [0, 0.1) is 6.92 Å². The van der Waals surface area contributed by atoms with Gasteiger partial charge < -0.3 is 11.1 Å². The Bertz CT molecular complexity index is 736. The van der Waals surface area contributed by atoms with Crippen LogP contribution in [0.4, 0.5) is 5.69 Å². The molecule has 0 aliphatic carbocycles. The number of pyridine rings is 1. The highest BCUT2D eigenvalue weighted by molar-refractivity contribution is 7.09. The van der Waals surface area contributed by atoms with Gasteiger partial charge >= 0.3 is 0 Å². The molecule has 0 unspecified atom stereocenters. The monoisotopic (exact) mass is 284 g/mol. The molecular weight excluding hydrogens is 268 g/mol. The van der Waals surface area contributed by atoms with Crippen LogP contribution in [0.15, 0.2) is 35.7 Å². The number of para-hydroxylation sites is 1. The molecule has 0 spiro atoms. The van der Waals surface area contributed by atoms with E-state index in [9.17, 15) is 0 Å². The Hall–Kier alpha value is -1.98. The number of benzene rings is 1. The lowest BCUT2D eigenvalue weighted by molar-refractivity contribution is 0.671. The number of hydrogen-bond donors (Lipinski definition) is 2. The van der Waals surface area contributed by atoms with Crippen LogP contribution in [0.25, 0.3) is 10.9 Å². The minimum Gasteiger partial charge on any atom is -0.398 e. The summed E-state index contributed by atoms with van der Waals surface area (Å²) in [5, 5.41) is 7.52. The van der Waals surface area contributed by atoms with Crippen LogP contribution >= 0.6 is 11.3 Å². The minimum atomic E-state index is 0.686. The third-order valence-corrected chi connectivity index (χ3v) is 3.90. The average molecular weight is 284 g/mol. The molecule has 20 heavy (non-hydrogen) atoms. The van der Waals surface area contributed by atoms with Gasteiger partial charge in [0.15, 0.2) is 0 Å². The maximum atomic E-state index is 6.06. The van der Waals surface area contributed by atoms with Crippen molar-refractivity contribution in [1.29, 1.82) is 0 Å². The van der Waals surface area contributed by atoms with E-state index in [-0.39, 0.29) is 0 Å². The summed E-state index contributed by atoms with van der Waals surface area (Å²) in [5.74, 6) is 0. The standard InChI is InChI=1S/C15H16N4S/c1-10-18-12(9-20-10)8-17-7-11-6-14(16)13-4-2-3-5-15(13)19-11/h2-6,9,17H,7-8H2,1H3,(H2,16,19). The van der Waals surface area contributed by atoms with Crippen molar-refractivity contribution in [3.63, 3.8) is 0 Å². The van der Waals surface area contributed by atoms with Gasteiger partial charge in [0.05, 0.1) is 21.9 Å². The predicted octanol–water partition coefficient (Wildman–Crippen LogP) is 2.87. The molecule has 3 rings (SSSR count). The number of anilines is 1. The summed E-state index contributed by atoms with van der Waals surface area (Å²) in [7, 11) is 0. The second-order valence-corrected chi connectivity index (χ2v) is 5.74. The zero-order chi connectivity index (χ0) is 13.9. The molecule has 0 atom stereocenters. The van der Waals surface area contributed by atoms with Crippen LogP contribution in [0.3, 0.4) is 0 Å². The van der Waals surface area contributed by atoms with E-state index in [2.05, 4.69) is 20.7 Å². The third-order valence-electron chi connectivity index (χ3n) is 3.08. The molecule has 0 aliphatic rings. The van der Waals surface area contributed by atoms with Crippen LogP contribution in [-0.4, -0.2) is 9.97 Å². The Kier molecular flexibility index (Phi) is 3.62. The second kappa shape index (κ2) is 5.56. The number of aromatic nitrogens is 2. The molecule has 2 aromatic heterocycles. The van der Waals surface area contributed by atoms with E-state index in [0.717, 1.165) is 39.5 Å². The maximum absolute atomic E-state index is 6.06. The molecule has 3 aromatic rings. The summed E-state index contributed by atoms with van der Waals surface area (Å²) in [6.45, 7) is 3.45. The average Bonchev–Trinajstić information content (AvgIpc) is 2.85. The normalized spacial score (nSPS) is 11.1. The van der Waals surface area contributed by atoms with Gasteiger partial charge in [-0.3, -0.25) is 4.98 Å². The number of nitrogens with two attached hydrogens (primary N) is 1. The summed E-state index contributed by atoms with van der Waals surface area (Å²) in [6.07, 6.45) is 0. The number of nitrogens with one attached hydrogen (secondary N) is 1. The number of nitrogens with zero attached hydrogens (tertiary/aromatic N) is 2. The molecule has 0 bridgehead atoms. The van der Waals surface area contributed by atoms with E-state index in [1.54, 1.807) is 11.3 Å². The molecule has 0 saturated heterocycles. The molecule has 0 fully saturated rings. The molecule has 1 aromatic carbocycles. The summed E-state index contributed by atoms with van der Waals surface area (Å²) >= 11 is 1.67. The zero-order valence-electron chi connectivity index (χ0n) is 11.3. The Balaban J connectivity index is 1.71. The molecule has 5 heteroatoms. The van der Waals surface area contributed by atoms with Gasteiger partial charge in [0.1, 0.15) is 0 Å². The molecule has 4 nitrogen and oxygen atoms in total. The third kappa shape index (κ3) is 2.79. The van der Waals surface area contributed by atoms with Gasteiger partial charge in [0, 0.05) is 29.5 Å². The number of hydrogen-bond acceptors (Lipinski definition) is 5. The maximum Gasteiger partial charge on any atom is 0.0897 e. The SMILES string of the molecule is Cc1nc(CNCc2cc(N)c3ccccc3n2)cs1. The van der Waals surface area contributed by atoms with Crippen molar-refractivity contribution in [3.8, 4) is 0 Å². The first-order valence-corrected chi connectivity index (χ1v) is 7.36. The summed E-state index contributed by atoms with van der Waals surface area (Å²) in [6, 6.07) is 9.86. The van der Waals surface area contributed by atoms with Crippen molar-refractivity contribution in [3.05, 3.63) is 52.1 Å². The molecule has 2 heterocycles. The van der Waals surface area contributed by atoms with E-state index in [0.29, 0.717) is 6.54 Å². The first-order chi connectivity index (χ1) is 9.72. The van der Waals surface area contributed by atoms with Crippen molar-refractivity contribution in [1.82, 2.24) is 15.3 Å². The fraction of sp³-hybridized carbons (Fsp3) is 0.200. The van der Waals surface area contributed by atoms with Crippen molar-refractivity contribution >= 4 is 27.9 Å². The van der Waals surface area contributed by atoms with E-state index in [1.165, 1.54) is 0 Å². The van der Waals surface area contributed by atoms with E-state index < -0.39 is 0 Å². The van der Waals surface area contributed by atoms with E-state index in [1.807, 2.05) is 37.3 Å². The lowest BCUT2D eigenvalue weighted by Gasteiger charge is -2.07. The van der Waals surface area contributed by atoms with Gasteiger partial charge in [-0.2, -0.15) is 0 Å². The lowest BCUT2D eigenvalue weighted by atomic mass is 10.1. The molecule has 3 N–H and O–H groups in total. The molecule has 0 amide bonds. The van der Waals surface area contributed by atoms with Gasteiger partial charge in [0.2, 0.25) is 0 Å². The topological polar surface area (TPSA) is 63.8 Å². The largest absolute Gasteiger partial charge is 0.398 e. The van der Waals surface area contributed by atoms with E-state index >= 15 is 0 Å². The minimum absolute atomic E-state index is 0.686. The highest BCUT2D eigenvalue weighted by Gasteiger charge is 2.03. The van der Waals surface area contributed by atoms with Gasteiger partial charge in [-0.05, 0) is 19.1 Å². The Morgan fingerprint density at radius 3 is 2.75 bits per heavy atom. The van der Waals surface area contributed by atoms with Gasteiger partial charge in [-0.25, -0.2) is 4.98 Å². The van der Waals surface area contributed by atoms with Crippen LogP contribution in [0.1, 0.15) is 16.4 Å². The Morgan fingerprint density at radius 2 is 1.95 bits per heavy atom. The number of nitrogen functional groups attached to an aromatic ring is 1. The summed E-state index contributed by atoms with van der Waals surface area (Å²) < 4.78 is 0. The summed E-state index contributed by atoms with van der Waals surface area (Å²) in [4.78, 5) is 9.03. The van der Waals surface area contributed by atoms with Gasteiger partial charge in [-0.1, -0.05) is 18.2 Å². The van der Waals surface area contributed by atoms with Crippen molar-refractivity contribution in [2.45, 2.75) is 20.0 Å². The van der Waals surface area contributed by atoms with Gasteiger partial charge in [0.25, 0.3) is 0 Å². The first kappa shape index (κ1) is 13.0. The smallest absolute Gasteiger partial charge is 0.0897 e. The van der Waals surface area contributed by atoms with Crippen LogP contribution in [-0.2, 0) is 13.1 Å². The van der Waals surface area contributed by atoms with Crippen molar-refractivity contribution < 1.29 is 0 Å². The molecule has 0 aliphatic heterocycles. The first-order valence-electron chi connectivity index (χ1n) is 6.48. The molecule has 0 saturated carbocycles. The van der Waals surface area contributed by atoms with Crippen LogP contribution in [0.5, 0.6) is 0 Å². The second-order valence-electron chi connectivity index (χ2n) is 4.68.